The van der Waals surface area contributed by atoms with Crippen molar-refractivity contribution in [2.75, 3.05) is 19.1 Å². The first-order valence-corrected chi connectivity index (χ1v) is 11.3. The van der Waals surface area contributed by atoms with Gasteiger partial charge in [-0.2, -0.15) is 0 Å². The molecule has 0 saturated carbocycles. The molecular weight excluding hydrogens is 518 g/mol. The number of hydrogen-bond acceptors (Lipinski definition) is 3. The van der Waals surface area contributed by atoms with E-state index in [9.17, 15) is 0 Å². The van der Waals surface area contributed by atoms with E-state index in [2.05, 4.69) is 103 Å². The molecule has 31 heavy (non-hydrogen) atoms. The molecule has 0 fully saturated rings. The van der Waals surface area contributed by atoms with Gasteiger partial charge in [0.05, 0.1) is 19.9 Å². The summed E-state index contributed by atoms with van der Waals surface area (Å²) >= 11 is 7.20. The third-order valence-electron chi connectivity index (χ3n) is 5.02. The fourth-order valence-corrected chi connectivity index (χ4v) is 4.07. The van der Waals surface area contributed by atoms with E-state index in [0.717, 1.165) is 48.6 Å². The molecule has 0 bridgehead atoms. The number of hydrogen-bond donors (Lipinski definition) is 0. The summed E-state index contributed by atoms with van der Waals surface area (Å²) in [7, 11) is 3.35. The molecule has 4 rings (SSSR count). The van der Waals surface area contributed by atoms with E-state index in [-0.39, 0.29) is 0 Å². The first-order chi connectivity index (χ1) is 15.1. The van der Waals surface area contributed by atoms with Crippen molar-refractivity contribution in [1.82, 2.24) is 0 Å². The molecule has 0 aliphatic carbocycles. The average molecular weight is 539 g/mol. The number of methoxy groups -OCH3 is 2. The van der Waals surface area contributed by atoms with Gasteiger partial charge in [-0.1, -0.05) is 50.1 Å². The Labute approximate surface area is 199 Å². The standard InChI is InChI=1S/C26H21Br2NO2/c1-30-23-12-8-21(9-13-23)29(22-10-14-24(31-2)15-11-22)26-17-20(28)7-16-25(26)18-3-5-19(27)6-4-18/h3-17H,1-2H3. The second-order valence-electron chi connectivity index (χ2n) is 6.90. The SMILES string of the molecule is COc1ccc(N(c2ccc(OC)cc2)c2cc(Br)ccc2-c2ccc(Br)cc2)cc1. The molecule has 0 amide bonds. The molecule has 0 aromatic heterocycles. The lowest BCUT2D eigenvalue weighted by atomic mass is 10.0. The van der Waals surface area contributed by atoms with Gasteiger partial charge in [-0.25, -0.2) is 0 Å². The molecule has 0 spiro atoms. The van der Waals surface area contributed by atoms with Crippen molar-refractivity contribution in [3.63, 3.8) is 0 Å². The predicted octanol–water partition coefficient (Wildman–Crippen LogP) is 8.37. The summed E-state index contributed by atoms with van der Waals surface area (Å²) in [4.78, 5) is 2.24. The minimum atomic E-state index is 0.820. The Hall–Kier alpha value is -2.76. The van der Waals surface area contributed by atoms with Crippen LogP contribution in [-0.2, 0) is 0 Å². The van der Waals surface area contributed by atoms with Crippen LogP contribution in [0.4, 0.5) is 17.1 Å². The molecule has 0 N–H and O–H groups in total. The van der Waals surface area contributed by atoms with Gasteiger partial charge in [0.1, 0.15) is 11.5 Å². The van der Waals surface area contributed by atoms with Crippen LogP contribution in [0.1, 0.15) is 0 Å². The Bertz CT molecular complexity index is 1110. The topological polar surface area (TPSA) is 21.7 Å². The molecule has 3 nitrogen and oxygen atoms in total. The van der Waals surface area contributed by atoms with Crippen LogP contribution in [0.25, 0.3) is 11.1 Å². The third kappa shape index (κ3) is 4.78. The molecule has 0 aliphatic rings. The smallest absolute Gasteiger partial charge is 0.119 e. The van der Waals surface area contributed by atoms with Crippen LogP contribution < -0.4 is 14.4 Å². The van der Waals surface area contributed by atoms with E-state index in [1.807, 2.05) is 24.3 Å². The highest BCUT2D eigenvalue weighted by Crippen LogP contribution is 2.42. The molecule has 4 aromatic carbocycles. The molecule has 5 heteroatoms. The van der Waals surface area contributed by atoms with Gasteiger partial charge in [-0.05, 0) is 78.4 Å². The van der Waals surface area contributed by atoms with Crippen molar-refractivity contribution in [3.05, 3.63) is 99.9 Å². The van der Waals surface area contributed by atoms with Gasteiger partial charge >= 0.3 is 0 Å². The number of ether oxygens (including phenoxy) is 2. The van der Waals surface area contributed by atoms with Crippen LogP contribution in [0.2, 0.25) is 0 Å². The third-order valence-corrected chi connectivity index (χ3v) is 6.04. The molecule has 0 atom stereocenters. The van der Waals surface area contributed by atoms with E-state index >= 15 is 0 Å². The summed E-state index contributed by atoms with van der Waals surface area (Å²) in [5.74, 6) is 1.64. The van der Waals surface area contributed by atoms with Gasteiger partial charge in [0, 0.05) is 25.9 Å². The summed E-state index contributed by atoms with van der Waals surface area (Å²) in [6.07, 6.45) is 0. The van der Waals surface area contributed by atoms with Crippen molar-refractivity contribution >= 4 is 48.9 Å². The molecular formula is C26H21Br2NO2. The van der Waals surface area contributed by atoms with Gasteiger partial charge in [0.25, 0.3) is 0 Å². The van der Waals surface area contributed by atoms with Crippen molar-refractivity contribution in [1.29, 1.82) is 0 Å². The Kier molecular flexibility index (Phi) is 6.64. The van der Waals surface area contributed by atoms with Crippen LogP contribution in [0.15, 0.2) is 99.9 Å². The maximum atomic E-state index is 5.37. The lowest BCUT2D eigenvalue weighted by Crippen LogP contribution is -2.11. The summed E-state index contributed by atoms with van der Waals surface area (Å²) < 4.78 is 12.8. The first kappa shape index (κ1) is 21.5. The monoisotopic (exact) mass is 537 g/mol. The van der Waals surface area contributed by atoms with Gasteiger partial charge in [-0.3, -0.25) is 0 Å². The second kappa shape index (κ2) is 9.58. The molecule has 0 aliphatic heterocycles. The lowest BCUT2D eigenvalue weighted by molar-refractivity contribution is 0.415. The summed E-state index contributed by atoms with van der Waals surface area (Å²) in [6.45, 7) is 0. The highest BCUT2D eigenvalue weighted by Gasteiger charge is 2.18. The van der Waals surface area contributed by atoms with Gasteiger partial charge in [0.2, 0.25) is 0 Å². The Morgan fingerprint density at radius 1 is 0.581 bits per heavy atom. The minimum Gasteiger partial charge on any atom is -0.497 e. The highest BCUT2D eigenvalue weighted by atomic mass is 79.9. The number of anilines is 3. The van der Waals surface area contributed by atoms with E-state index in [0.29, 0.717) is 0 Å². The molecule has 0 heterocycles. The first-order valence-electron chi connectivity index (χ1n) is 9.73. The fourth-order valence-electron chi connectivity index (χ4n) is 3.45. The molecule has 4 aromatic rings. The summed E-state index contributed by atoms with van der Waals surface area (Å²) in [5, 5.41) is 0. The van der Waals surface area contributed by atoms with Crippen LogP contribution in [0.5, 0.6) is 11.5 Å². The van der Waals surface area contributed by atoms with E-state index in [4.69, 9.17) is 9.47 Å². The van der Waals surface area contributed by atoms with Crippen molar-refractivity contribution in [2.45, 2.75) is 0 Å². The molecule has 156 valence electrons. The molecule has 0 radical (unpaired) electrons. The molecule has 0 saturated heterocycles. The number of benzene rings is 4. The number of rotatable bonds is 6. The van der Waals surface area contributed by atoms with E-state index in [1.165, 1.54) is 0 Å². The van der Waals surface area contributed by atoms with Crippen LogP contribution in [-0.4, -0.2) is 14.2 Å². The number of halogens is 2. The zero-order chi connectivity index (χ0) is 21.8. The largest absolute Gasteiger partial charge is 0.497 e. The van der Waals surface area contributed by atoms with Gasteiger partial charge < -0.3 is 14.4 Å². The second-order valence-corrected chi connectivity index (χ2v) is 8.73. The molecule has 0 unspecified atom stereocenters. The maximum absolute atomic E-state index is 5.37. The Balaban J connectivity index is 1.92. The van der Waals surface area contributed by atoms with Crippen molar-refractivity contribution in [2.24, 2.45) is 0 Å². The van der Waals surface area contributed by atoms with Crippen LogP contribution in [0, 0.1) is 0 Å². The zero-order valence-corrected chi connectivity index (χ0v) is 20.4. The lowest BCUT2D eigenvalue weighted by Gasteiger charge is -2.28. The quantitative estimate of drug-likeness (QED) is 0.246. The van der Waals surface area contributed by atoms with Gasteiger partial charge in [0.15, 0.2) is 0 Å². The zero-order valence-electron chi connectivity index (χ0n) is 17.2. The Morgan fingerprint density at radius 3 is 1.55 bits per heavy atom. The number of nitrogens with zero attached hydrogens (tertiary/aromatic N) is 1. The van der Waals surface area contributed by atoms with Crippen LogP contribution >= 0.6 is 31.9 Å². The maximum Gasteiger partial charge on any atom is 0.119 e. The summed E-state index contributed by atoms with van der Waals surface area (Å²) in [5.41, 5.74) is 5.39. The normalized spacial score (nSPS) is 10.6. The van der Waals surface area contributed by atoms with Crippen molar-refractivity contribution in [3.8, 4) is 22.6 Å². The van der Waals surface area contributed by atoms with E-state index < -0.39 is 0 Å². The predicted molar refractivity (Wildman–Crippen MR) is 135 cm³/mol. The summed E-state index contributed by atoms with van der Waals surface area (Å²) in [6, 6.07) is 30.9. The fraction of sp³-hybridized carbons (Fsp3) is 0.0769. The van der Waals surface area contributed by atoms with Crippen molar-refractivity contribution < 1.29 is 9.47 Å². The van der Waals surface area contributed by atoms with E-state index in [1.54, 1.807) is 14.2 Å². The van der Waals surface area contributed by atoms with Crippen LogP contribution in [0.3, 0.4) is 0 Å². The average Bonchev–Trinajstić information content (AvgIpc) is 2.81. The minimum absolute atomic E-state index is 0.820. The van der Waals surface area contributed by atoms with Gasteiger partial charge in [-0.15, -0.1) is 0 Å². The Morgan fingerprint density at radius 2 is 1.06 bits per heavy atom. The highest BCUT2D eigenvalue weighted by molar-refractivity contribution is 9.10.